The Balaban J connectivity index is 2.37. The molecule has 0 N–H and O–H groups in total. The van der Waals surface area contributed by atoms with Crippen LogP contribution in [-0.2, 0) is 11.2 Å². The van der Waals surface area contributed by atoms with Crippen LogP contribution >= 0.6 is 0 Å². The molecule has 0 aromatic heterocycles. The van der Waals surface area contributed by atoms with Crippen molar-refractivity contribution in [2.24, 2.45) is 0 Å². The molecule has 0 saturated carbocycles. The third kappa shape index (κ3) is 1.91. The van der Waals surface area contributed by atoms with Gasteiger partial charge < -0.3 is 9.47 Å². The molecule has 0 saturated heterocycles. The molecule has 0 bridgehead atoms. The lowest BCUT2D eigenvalue weighted by Crippen LogP contribution is -2.26. The minimum absolute atomic E-state index is 0.0289. The van der Waals surface area contributed by atoms with Gasteiger partial charge in [-0.15, -0.1) is 8.78 Å². The van der Waals surface area contributed by atoms with E-state index in [0.717, 1.165) is 0 Å². The van der Waals surface area contributed by atoms with Crippen molar-refractivity contribution in [1.82, 2.24) is 0 Å². The van der Waals surface area contributed by atoms with Gasteiger partial charge in [0.15, 0.2) is 11.5 Å². The summed E-state index contributed by atoms with van der Waals surface area (Å²) in [4.78, 5) is 10.9. The number of Topliss-reactive ketones (excluding diaryl/α,β-unsaturated/α-hetero) is 1. The maximum absolute atomic E-state index is 12.7. The molecule has 1 aliphatic heterocycles. The van der Waals surface area contributed by atoms with Crippen LogP contribution in [0.4, 0.5) is 8.78 Å². The maximum atomic E-state index is 12.7. The second-order valence-electron chi connectivity index (χ2n) is 3.29. The summed E-state index contributed by atoms with van der Waals surface area (Å²) in [6, 6.07) is 4.48. The Bertz CT molecular complexity index is 415. The molecule has 15 heavy (non-hydrogen) atoms. The van der Waals surface area contributed by atoms with Crippen LogP contribution in [-0.4, -0.2) is 12.1 Å². The molecular weight excluding hydrogens is 206 g/mol. The average molecular weight is 214 g/mol. The highest BCUT2D eigenvalue weighted by molar-refractivity contribution is 5.79. The topological polar surface area (TPSA) is 35.5 Å². The number of para-hydroxylation sites is 1. The Hall–Kier alpha value is -1.65. The van der Waals surface area contributed by atoms with E-state index < -0.39 is 6.29 Å². The molecule has 80 valence electrons. The minimum atomic E-state index is -3.63. The second kappa shape index (κ2) is 3.18. The average Bonchev–Trinajstić information content (AvgIpc) is 2.39. The zero-order valence-electron chi connectivity index (χ0n) is 7.92. The van der Waals surface area contributed by atoms with Gasteiger partial charge in [0.1, 0.15) is 5.78 Å². The first kappa shape index (κ1) is 9.89. The summed E-state index contributed by atoms with van der Waals surface area (Å²) in [6.07, 6.45) is -3.57. The highest BCUT2D eigenvalue weighted by Crippen LogP contribution is 2.43. The van der Waals surface area contributed by atoms with E-state index in [1.165, 1.54) is 13.0 Å². The number of carbonyl (C=O) groups is 1. The molecule has 0 atom stereocenters. The molecule has 0 spiro atoms. The van der Waals surface area contributed by atoms with Crippen molar-refractivity contribution in [3.05, 3.63) is 23.8 Å². The number of carbonyl (C=O) groups excluding carboxylic acids is 1. The predicted molar refractivity (Wildman–Crippen MR) is 47.0 cm³/mol. The Morgan fingerprint density at radius 1 is 1.40 bits per heavy atom. The molecule has 3 nitrogen and oxygen atoms in total. The quantitative estimate of drug-likeness (QED) is 0.756. The highest BCUT2D eigenvalue weighted by atomic mass is 19.3. The summed E-state index contributed by atoms with van der Waals surface area (Å²) in [5.74, 6) is -0.196. The number of hydrogen-bond donors (Lipinski definition) is 0. The summed E-state index contributed by atoms with van der Waals surface area (Å²) < 4.78 is 34.0. The monoisotopic (exact) mass is 214 g/mol. The van der Waals surface area contributed by atoms with E-state index >= 15 is 0 Å². The molecule has 1 aromatic carbocycles. The molecular formula is C10H8F2O3. The summed E-state index contributed by atoms with van der Waals surface area (Å²) >= 11 is 0. The normalized spacial score (nSPS) is 16.5. The van der Waals surface area contributed by atoms with E-state index in [2.05, 4.69) is 9.47 Å². The lowest BCUT2D eigenvalue weighted by molar-refractivity contribution is -0.286. The third-order valence-corrected chi connectivity index (χ3v) is 1.95. The van der Waals surface area contributed by atoms with Gasteiger partial charge in [-0.25, -0.2) is 0 Å². The zero-order chi connectivity index (χ0) is 11.1. The van der Waals surface area contributed by atoms with Crippen molar-refractivity contribution in [3.63, 3.8) is 0 Å². The largest absolute Gasteiger partial charge is 0.586 e. The zero-order valence-corrected chi connectivity index (χ0v) is 7.92. The van der Waals surface area contributed by atoms with Crippen LogP contribution in [0.25, 0.3) is 0 Å². The molecule has 1 aliphatic rings. The van der Waals surface area contributed by atoms with Gasteiger partial charge in [0, 0.05) is 12.0 Å². The van der Waals surface area contributed by atoms with Gasteiger partial charge in [0.05, 0.1) is 0 Å². The van der Waals surface area contributed by atoms with Crippen LogP contribution in [0.1, 0.15) is 12.5 Å². The van der Waals surface area contributed by atoms with Crippen LogP contribution in [0.15, 0.2) is 18.2 Å². The number of alkyl halides is 2. The minimum Gasteiger partial charge on any atom is -0.395 e. The van der Waals surface area contributed by atoms with E-state index in [4.69, 9.17) is 0 Å². The molecule has 1 aromatic rings. The molecule has 1 heterocycles. The standard InChI is InChI=1S/C10H8F2O3/c1-6(13)5-7-3-2-4-8-9(7)15-10(11,12)14-8/h2-4H,5H2,1H3. The van der Waals surface area contributed by atoms with Gasteiger partial charge >= 0.3 is 6.29 Å². The summed E-state index contributed by atoms with van der Waals surface area (Å²) in [5.41, 5.74) is 0.414. The molecule has 2 rings (SSSR count). The van der Waals surface area contributed by atoms with Crippen LogP contribution in [0, 0.1) is 0 Å². The summed E-state index contributed by atoms with van der Waals surface area (Å²) in [7, 11) is 0. The lowest BCUT2D eigenvalue weighted by atomic mass is 10.1. The van der Waals surface area contributed by atoms with Crippen molar-refractivity contribution < 1.29 is 23.0 Å². The fraction of sp³-hybridized carbons (Fsp3) is 0.300. The molecule has 5 heteroatoms. The first-order valence-corrected chi connectivity index (χ1v) is 4.35. The van der Waals surface area contributed by atoms with E-state index in [-0.39, 0.29) is 23.7 Å². The number of ketones is 1. The first-order valence-electron chi connectivity index (χ1n) is 4.35. The number of ether oxygens (including phenoxy) is 2. The Morgan fingerprint density at radius 3 is 2.80 bits per heavy atom. The van der Waals surface area contributed by atoms with Gasteiger partial charge in [-0.3, -0.25) is 4.79 Å². The lowest BCUT2D eigenvalue weighted by Gasteiger charge is -2.05. The first-order chi connectivity index (χ1) is 6.98. The van der Waals surface area contributed by atoms with E-state index in [1.54, 1.807) is 12.1 Å². The summed E-state index contributed by atoms with van der Waals surface area (Å²) in [5, 5.41) is 0. The van der Waals surface area contributed by atoms with Crippen LogP contribution in [0.5, 0.6) is 11.5 Å². The van der Waals surface area contributed by atoms with Crippen LogP contribution in [0.3, 0.4) is 0 Å². The number of rotatable bonds is 2. The van der Waals surface area contributed by atoms with Crippen molar-refractivity contribution in [3.8, 4) is 11.5 Å². The number of fused-ring (bicyclic) bond motifs is 1. The fourth-order valence-corrected chi connectivity index (χ4v) is 1.43. The number of hydrogen-bond acceptors (Lipinski definition) is 3. The van der Waals surface area contributed by atoms with Gasteiger partial charge in [-0.1, -0.05) is 12.1 Å². The van der Waals surface area contributed by atoms with Crippen LogP contribution < -0.4 is 9.47 Å². The van der Waals surface area contributed by atoms with Gasteiger partial charge in [-0.2, -0.15) is 0 Å². The Morgan fingerprint density at radius 2 is 2.13 bits per heavy atom. The van der Waals surface area contributed by atoms with Crippen molar-refractivity contribution in [2.75, 3.05) is 0 Å². The third-order valence-electron chi connectivity index (χ3n) is 1.95. The van der Waals surface area contributed by atoms with E-state index in [0.29, 0.717) is 5.56 Å². The van der Waals surface area contributed by atoms with Crippen molar-refractivity contribution in [2.45, 2.75) is 19.6 Å². The van der Waals surface area contributed by atoms with Gasteiger partial charge in [0.2, 0.25) is 0 Å². The maximum Gasteiger partial charge on any atom is 0.586 e. The van der Waals surface area contributed by atoms with E-state index in [9.17, 15) is 13.6 Å². The summed E-state index contributed by atoms with van der Waals surface area (Å²) in [6.45, 7) is 1.38. The SMILES string of the molecule is CC(=O)Cc1cccc2c1OC(F)(F)O2. The van der Waals surface area contributed by atoms with Crippen molar-refractivity contribution in [1.29, 1.82) is 0 Å². The highest BCUT2D eigenvalue weighted by Gasteiger charge is 2.44. The van der Waals surface area contributed by atoms with Gasteiger partial charge in [0.25, 0.3) is 0 Å². The molecule has 0 aliphatic carbocycles. The molecule has 0 unspecified atom stereocenters. The number of benzene rings is 1. The molecule has 0 amide bonds. The van der Waals surface area contributed by atoms with Crippen molar-refractivity contribution >= 4 is 5.78 Å². The van der Waals surface area contributed by atoms with Crippen LogP contribution in [0.2, 0.25) is 0 Å². The fourth-order valence-electron chi connectivity index (χ4n) is 1.43. The smallest absolute Gasteiger partial charge is 0.395 e. The van der Waals surface area contributed by atoms with E-state index in [1.807, 2.05) is 0 Å². The predicted octanol–water partition coefficient (Wildman–Crippen LogP) is 2.14. The van der Waals surface area contributed by atoms with Gasteiger partial charge in [-0.05, 0) is 13.0 Å². The molecule has 0 fully saturated rings. The number of halogens is 2. The second-order valence-corrected chi connectivity index (χ2v) is 3.29. The molecule has 0 radical (unpaired) electrons. The Kier molecular flexibility index (Phi) is 2.10. The Labute approximate surface area is 84.6 Å².